The molecule has 20 nitrogen and oxygen atoms in total. The van der Waals surface area contributed by atoms with E-state index < -0.39 is 59.9 Å². The maximum absolute atomic E-state index is 13.5. The van der Waals surface area contributed by atoms with Crippen molar-refractivity contribution in [2.45, 2.75) is 250 Å². The molecule has 0 aliphatic carbocycles. The van der Waals surface area contributed by atoms with Crippen LogP contribution < -0.4 is 44.4 Å². The topological polar surface area (TPSA) is 291 Å². The average Bonchev–Trinajstić information content (AvgIpc) is 4.00. The summed E-state index contributed by atoms with van der Waals surface area (Å²) in [6.07, 6.45) is 39.2. The lowest BCUT2D eigenvalue weighted by atomic mass is 10.1. The second-order valence-corrected chi connectivity index (χ2v) is 20.3. The molecule has 0 bridgehead atoms. The van der Waals surface area contributed by atoms with E-state index in [4.69, 9.17) is 31.4 Å². The van der Waals surface area contributed by atoms with Crippen molar-refractivity contribution in [3.63, 3.8) is 0 Å². The van der Waals surface area contributed by atoms with Crippen molar-refractivity contribution in [3.05, 3.63) is 69.3 Å². The fourth-order valence-corrected chi connectivity index (χ4v) is 9.08. The quantitative estimate of drug-likeness (QED) is 0.0141. The van der Waals surface area contributed by atoms with Gasteiger partial charge < -0.3 is 47.4 Å². The van der Waals surface area contributed by atoms with Crippen molar-refractivity contribution in [3.8, 4) is 0 Å². The van der Waals surface area contributed by atoms with Crippen molar-refractivity contribution < 1.29 is 28.6 Å². The van der Waals surface area contributed by atoms with Crippen molar-refractivity contribution in [1.29, 1.82) is 0 Å². The molecule has 5 atom stereocenters. The van der Waals surface area contributed by atoms with Crippen molar-refractivity contribution >= 4 is 24.1 Å². The number of carbonyl (C=O) groups is 3. The van der Waals surface area contributed by atoms with Crippen LogP contribution in [0.2, 0.25) is 0 Å². The van der Waals surface area contributed by atoms with Crippen LogP contribution in [0.1, 0.15) is 218 Å². The lowest BCUT2D eigenvalue weighted by Gasteiger charge is -2.25. The third kappa shape index (κ3) is 29.7. The zero-order chi connectivity index (χ0) is 54.9. The SMILES string of the molecule is CCCCCCCC/C=C\CCCCCCCCNC(=O)O[C@@H]1[C@H](OC(=O)NCCCCCCCC/C=C\CCCCCCCC)[C@@H](Cn2cc(CNC(=O)[C@@H](N)CCCN=C(N)N)nn2)O[C@H]1n1ccc(=O)[nH]c1=O. The normalized spacial score (nSPS) is 16.8. The number of nitrogens with two attached hydrogens (primary N) is 3. The standard InChI is InChI=1S/C56H98N12O8/c1-3-5-7-9-11-13-15-17-19-21-23-25-27-29-31-33-38-61-55(72)75-49-47(44-67-43-45(65-66-67)42-63-51(70)46(57)36-35-40-60-53(58)59)74-52(68-41-37-48(69)64-54(68)71)50(49)76-56(73)62-39-34-32-30-28-26-24-22-20-18-16-14-12-10-8-6-4-2/h17-20,37,41,43,46-47,49-50,52H,3-16,21-36,38-40,42,44,57H2,1-2H3,(H,61,72)(H,62,73)(H,63,70)(H4,58,59,60)(H,64,69,71)/b19-17-,20-18-/t46-,47+,49+,50+,52+/m0/s1. The van der Waals surface area contributed by atoms with Gasteiger partial charge in [0.05, 0.1) is 25.3 Å². The predicted octanol–water partition coefficient (Wildman–Crippen LogP) is 8.99. The molecule has 430 valence electrons. The first-order valence-corrected chi connectivity index (χ1v) is 29.2. The molecule has 0 radical (unpaired) electrons. The van der Waals surface area contributed by atoms with Crippen LogP contribution in [0, 0.1) is 0 Å². The van der Waals surface area contributed by atoms with Gasteiger partial charge in [0.2, 0.25) is 5.91 Å². The van der Waals surface area contributed by atoms with Gasteiger partial charge in [0.1, 0.15) is 11.8 Å². The average molecular weight is 1070 g/mol. The van der Waals surface area contributed by atoms with Gasteiger partial charge >= 0.3 is 17.9 Å². The summed E-state index contributed by atoms with van der Waals surface area (Å²) in [5.74, 6) is -0.427. The molecule has 3 heterocycles. The number of ether oxygens (including phenoxy) is 3. The lowest BCUT2D eigenvalue weighted by molar-refractivity contribution is -0.122. The summed E-state index contributed by atoms with van der Waals surface area (Å²) in [6, 6.07) is 0.353. The number of rotatable bonds is 44. The molecule has 20 heteroatoms. The maximum atomic E-state index is 13.5. The van der Waals surface area contributed by atoms with E-state index in [2.05, 4.69) is 74.4 Å². The summed E-state index contributed by atoms with van der Waals surface area (Å²) in [5, 5.41) is 16.8. The second-order valence-electron chi connectivity index (χ2n) is 20.3. The molecule has 2 aromatic heterocycles. The van der Waals surface area contributed by atoms with Crippen molar-refractivity contribution in [2.24, 2.45) is 22.2 Å². The Morgan fingerprint density at radius 2 is 1.18 bits per heavy atom. The highest BCUT2D eigenvalue weighted by Gasteiger charge is 2.51. The first-order valence-electron chi connectivity index (χ1n) is 29.2. The zero-order valence-corrected chi connectivity index (χ0v) is 46.4. The molecule has 1 saturated heterocycles. The van der Waals surface area contributed by atoms with Gasteiger partial charge in [-0.1, -0.05) is 159 Å². The lowest BCUT2D eigenvalue weighted by Crippen LogP contribution is -2.45. The number of allylic oxidation sites excluding steroid dienone is 4. The van der Waals surface area contributed by atoms with E-state index in [-0.39, 0.29) is 19.0 Å². The number of aliphatic imine (C=N–C) groups is 1. The number of unbranched alkanes of at least 4 members (excludes halogenated alkanes) is 24. The Kier molecular flexibility index (Phi) is 35.5. The molecular weight excluding hydrogens is 969 g/mol. The fourth-order valence-electron chi connectivity index (χ4n) is 9.08. The largest absolute Gasteiger partial charge is 0.439 e. The number of nitrogens with zero attached hydrogens (tertiary/aromatic N) is 5. The molecule has 1 aliphatic heterocycles. The van der Waals surface area contributed by atoms with Crippen LogP contribution in [-0.4, -0.2) is 92.6 Å². The summed E-state index contributed by atoms with van der Waals surface area (Å²) in [6.45, 7) is 5.50. The number of aromatic nitrogens is 5. The van der Waals surface area contributed by atoms with Crippen molar-refractivity contribution in [1.82, 2.24) is 40.5 Å². The number of amides is 3. The molecule has 0 spiro atoms. The highest BCUT2D eigenvalue weighted by Crippen LogP contribution is 2.34. The van der Waals surface area contributed by atoms with E-state index >= 15 is 0 Å². The number of H-pyrrole nitrogens is 1. The van der Waals surface area contributed by atoms with Crippen LogP contribution in [0.25, 0.3) is 0 Å². The Balaban J connectivity index is 1.57. The van der Waals surface area contributed by atoms with Crippen molar-refractivity contribution in [2.75, 3.05) is 19.6 Å². The van der Waals surface area contributed by atoms with Crippen LogP contribution in [-0.2, 0) is 32.1 Å². The summed E-state index contributed by atoms with van der Waals surface area (Å²) >= 11 is 0. The van der Waals surface area contributed by atoms with Crippen LogP contribution in [0.4, 0.5) is 9.59 Å². The summed E-state index contributed by atoms with van der Waals surface area (Å²) in [7, 11) is 0. The van der Waals surface area contributed by atoms with Gasteiger partial charge in [-0.05, 0) is 77.0 Å². The molecule has 3 amide bonds. The minimum absolute atomic E-state index is 0.0172. The number of hydrogen-bond donors (Lipinski definition) is 7. The number of alkyl carbamates (subject to hydrolysis) is 2. The van der Waals surface area contributed by atoms with Crippen LogP contribution in [0.5, 0.6) is 0 Å². The maximum Gasteiger partial charge on any atom is 0.407 e. The Hall–Kier alpha value is -5.50. The van der Waals surface area contributed by atoms with E-state index in [1.54, 1.807) is 6.20 Å². The molecule has 3 rings (SSSR count). The van der Waals surface area contributed by atoms with Gasteiger partial charge in [0.15, 0.2) is 24.4 Å². The number of carbonyl (C=O) groups excluding carboxylic acids is 3. The minimum atomic E-state index is -1.33. The minimum Gasteiger partial charge on any atom is -0.439 e. The molecule has 2 aromatic rings. The van der Waals surface area contributed by atoms with Gasteiger partial charge in [-0.15, -0.1) is 5.10 Å². The van der Waals surface area contributed by atoms with E-state index in [9.17, 15) is 24.0 Å². The van der Waals surface area contributed by atoms with Gasteiger partial charge in [-0.25, -0.2) is 19.1 Å². The van der Waals surface area contributed by atoms with E-state index in [1.165, 1.54) is 107 Å². The molecular formula is C56H98N12O8. The third-order valence-corrected chi connectivity index (χ3v) is 13.5. The molecule has 0 aromatic carbocycles. The monoisotopic (exact) mass is 1070 g/mol. The summed E-state index contributed by atoms with van der Waals surface area (Å²) < 4.78 is 20.9. The Bertz CT molecular complexity index is 2070. The predicted molar refractivity (Wildman–Crippen MR) is 300 cm³/mol. The van der Waals surface area contributed by atoms with Crippen LogP contribution in [0.15, 0.2) is 57.3 Å². The smallest absolute Gasteiger partial charge is 0.407 e. The van der Waals surface area contributed by atoms with E-state index in [0.29, 0.717) is 38.2 Å². The number of hydrogen-bond acceptors (Lipinski definition) is 12. The van der Waals surface area contributed by atoms with E-state index in [1.807, 2.05) is 0 Å². The molecule has 10 N–H and O–H groups in total. The van der Waals surface area contributed by atoms with Gasteiger partial charge in [-0.2, -0.15) is 0 Å². The second kappa shape index (κ2) is 41.6. The van der Waals surface area contributed by atoms with Gasteiger partial charge in [0, 0.05) is 31.9 Å². The summed E-state index contributed by atoms with van der Waals surface area (Å²) in [4.78, 5) is 71.2. The Morgan fingerprint density at radius 3 is 1.68 bits per heavy atom. The number of guanidine groups is 1. The first-order chi connectivity index (χ1) is 37.0. The first kappa shape index (κ1) is 64.8. The van der Waals surface area contributed by atoms with Gasteiger partial charge in [-0.3, -0.25) is 24.1 Å². The highest BCUT2D eigenvalue weighted by atomic mass is 16.7. The number of nitrogens with one attached hydrogen (secondary N) is 4. The molecule has 1 aliphatic rings. The highest BCUT2D eigenvalue weighted by molar-refractivity contribution is 5.81. The van der Waals surface area contributed by atoms with Gasteiger partial charge in [0.25, 0.3) is 5.56 Å². The Labute approximate surface area is 453 Å². The molecule has 0 unspecified atom stereocenters. The van der Waals surface area contributed by atoms with Crippen LogP contribution >= 0.6 is 0 Å². The molecule has 76 heavy (non-hydrogen) atoms. The third-order valence-electron chi connectivity index (χ3n) is 13.5. The van der Waals surface area contributed by atoms with E-state index in [0.717, 1.165) is 94.1 Å². The fraction of sp³-hybridized carbons (Fsp3) is 0.750. The summed E-state index contributed by atoms with van der Waals surface area (Å²) in [5.41, 5.74) is 15.8. The number of aromatic amines is 1. The Morgan fingerprint density at radius 1 is 0.697 bits per heavy atom. The van der Waals surface area contributed by atoms with Crippen LogP contribution in [0.3, 0.4) is 0 Å². The molecule has 0 saturated carbocycles. The molecule has 1 fully saturated rings. The zero-order valence-electron chi connectivity index (χ0n) is 46.4.